The van der Waals surface area contributed by atoms with Gasteiger partial charge >= 0.3 is 0 Å². The molecule has 1 spiro atoms. The summed E-state index contributed by atoms with van der Waals surface area (Å²) < 4.78 is 6.02. The predicted octanol–water partition coefficient (Wildman–Crippen LogP) is 3.06. The first kappa shape index (κ1) is 12.6. The van der Waals surface area contributed by atoms with Crippen LogP contribution in [0.25, 0.3) is 0 Å². The minimum atomic E-state index is 0.225. The Morgan fingerprint density at radius 1 is 1.56 bits per heavy atom. The molecule has 0 aromatic carbocycles. The summed E-state index contributed by atoms with van der Waals surface area (Å²) in [6, 6.07) is 0.399. The molecule has 0 amide bonds. The van der Waals surface area contributed by atoms with Crippen molar-refractivity contribution in [2.75, 3.05) is 13.7 Å². The summed E-state index contributed by atoms with van der Waals surface area (Å²) in [7, 11) is 2.06. The Morgan fingerprint density at radius 3 is 2.94 bits per heavy atom. The van der Waals surface area contributed by atoms with Gasteiger partial charge in [0.15, 0.2) is 0 Å². The van der Waals surface area contributed by atoms with Gasteiger partial charge in [0.1, 0.15) is 0 Å². The van der Waals surface area contributed by atoms with Gasteiger partial charge in [-0.25, -0.2) is 4.98 Å². The lowest BCUT2D eigenvalue weighted by Crippen LogP contribution is -2.47. The Labute approximate surface area is 113 Å². The Morgan fingerprint density at radius 2 is 2.39 bits per heavy atom. The molecule has 2 heterocycles. The topological polar surface area (TPSA) is 34.2 Å². The van der Waals surface area contributed by atoms with E-state index in [2.05, 4.69) is 29.7 Å². The molecule has 1 aromatic rings. The van der Waals surface area contributed by atoms with E-state index in [0.717, 1.165) is 18.0 Å². The number of aromatic nitrogens is 1. The molecule has 1 N–H and O–H groups in total. The first-order chi connectivity index (χ1) is 8.72. The van der Waals surface area contributed by atoms with E-state index >= 15 is 0 Å². The largest absolute Gasteiger partial charge is 0.375 e. The maximum atomic E-state index is 6.02. The van der Waals surface area contributed by atoms with Crippen molar-refractivity contribution >= 4 is 11.3 Å². The highest BCUT2D eigenvalue weighted by Gasteiger charge is 2.44. The maximum absolute atomic E-state index is 6.02. The fourth-order valence-corrected chi connectivity index (χ4v) is 4.07. The molecule has 2 unspecified atom stereocenters. The lowest BCUT2D eigenvalue weighted by molar-refractivity contribution is -0.147. The normalized spacial score (nSPS) is 28.0. The van der Waals surface area contributed by atoms with Crippen molar-refractivity contribution in [2.45, 2.75) is 50.7 Å². The molecule has 100 valence electrons. The molecule has 2 fully saturated rings. The van der Waals surface area contributed by atoms with Gasteiger partial charge in [-0.2, -0.15) is 0 Å². The average Bonchev–Trinajstić information content (AvgIpc) is 2.75. The van der Waals surface area contributed by atoms with E-state index in [1.807, 2.05) is 0 Å². The van der Waals surface area contributed by atoms with Gasteiger partial charge < -0.3 is 10.1 Å². The van der Waals surface area contributed by atoms with Crippen LogP contribution in [0.3, 0.4) is 0 Å². The monoisotopic (exact) mass is 266 g/mol. The Kier molecular flexibility index (Phi) is 3.43. The molecule has 1 saturated carbocycles. The smallest absolute Gasteiger partial charge is 0.0898 e. The average molecular weight is 266 g/mol. The van der Waals surface area contributed by atoms with Crippen molar-refractivity contribution in [3.63, 3.8) is 0 Å². The van der Waals surface area contributed by atoms with Gasteiger partial charge in [0.05, 0.1) is 22.3 Å². The number of thiazole rings is 1. The van der Waals surface area contributed by atoms with Crippen LogP contribution in [0.5, 0.6) is 0 Å². The Hall–Kier alpha value is -0.450. The summed E-state index contributed by atoms with van der Waals surface area (Å²) in [6.07, 6.45) is 6.22. The molecule has 1 aliphatic heterocycles. The number of nitrogens with one attached hydrogen (secondary N) is 1. The van der Waals surface area contributed by atoms with Gasteiger partial charge in [-0.05, 0) is 52.0 Å². The van der Waals surface area contributed by atoms with Crippen LogP contribution in [-0.2, 0) is 4.74 Å². The van der Waals surface area contributed by atoms with Gasteiger partial charge in [-0.15, -0.1) is 11.3 Å². The first-order valence-corrected chi connectivity index (χ1v) is 7.84. The molecule has 3 rings (SSSR count). The molecule has 1 aromatic heterocycles. The van der Waals surface area contributed by atoms with Gasteiger partial charge in [0.2, 0.25) is 0 Å². The van der Waals surface area contributed by atoms with Crippen molar-refractivity contribution in [3.05, 3.63) is 16.1 Å². The minimum absolute atomic E-state index is 0.225. The molecular weight excluding hydrogens is 244 g/mol. The first-order valence-electron chi connectivity index (χ1n) is 6.96. The van der Waals surface area contributed by atoms with Crippen molar-refractivity contribution in [1.82, 2.24) is 10.3 Å². The highest BCUT2D eigenvalue weighted by molar-refractivity contribution is 7.09. The Bertz CT molecular complexity index is 414. The number of hydrogen-bond acceptors (Lipinski definition) is 4. The van der Waals surface area contributed by atoms with E-state index in [4.69, 9.17) is 4.74 Å². The molecule has 0 radical (unpaired) electrons. The summed E-state index contributed by atoms with van der Waals surface area (Å²) in [4.78, 5) is 4.66. The third kappa shape index (κ3) is 2.22. The fraction of sp³-hybridized carbons (Fsp3) is 0.786. The molecule has 0 bridgehead atoms. The molecule has 2 aliphatic rings. The zero-order valence-corrected chi connectivity index (χ0v) is 12.1. The van der Waals surface area contributed by atoms with Crippen molar-refractivity contribution < 1.29 is 4.74 Å². The van der Waals surface area contributed by atoms with E-state index in [1.165, 1.54) is 31.4 Å². The summed E-state index contributed by atoms with van der Waals surface area (Å²) in [6.45, 7) is 3.00. The van der Waals surface area contributed by atoms with Crippen LogP contribution in [0.2, 0.25) is 0 Å². The molecule has 3 nitrogen and oxygen atoms in total. The van der Waals surface area contributed by atoms with Gasteiger partial charge in [-0.3, -0.25) is 0 Å². The van der Waals surface area contributed by atoms with Crippen molar-refractivity contribution in [3.8, 4) is 0 Å². The molecule has 18 heavy (non-hydrogen) atoms. The van der Waals surface area contributed by atoms with Crippen molar-refractivity contribution in [2.24, 2.45) is 5.92 Å². The highest BCUT2D eigenvalue weighted by atomic mass is 32.1. The Balaban J connectivity index is 1.75. The number of aryl methyl sites for hydroxylation is 1. The lowest BCUT2D eigenvalue weighted by Gasteiger charge is -2.48. The van der Waals surface area contributed by atoms with Crippen LogP contribution in [0.4, 0.5) is 0 Å². The van der Waals surface area contributed by atoms with E-state index < -0.39 is 0 Å². The van der Waals surface area contributed by atoms with Gasteiger partial charge in [-0.1, -0.05) is 0 Å². The van der Waals surface area contributed by atoms with Crippen LogP contribution >= 0.6 is 11.3 Å². The number of ether oxygens (including phenoxy) is 1. The van der Waals surface area contributed by atoms with E-state index in [0.29, 0.717) is 12.0 Å². The number of nitrogens with zero attached hydrogens (tertiary/aromatic N) is 1. The quantitative estimate of drug-likeness (QED) is 0.913. The molecular formula is C14H22N2OS. The molecule has 1 aliphatic carbocycles. The molecule has 1 saturated heterocycles. The zero-order chi connectivity index (χ0) is 12.6. The predicted molar refractivity (Wildman–Crippen MR) is 73.9 cm³/mol. The maximum Gasteiger partial charge on any atom is 0.0898 e. The third-order valence-electron chi connectivity index (χ3n) is 4.53. The van der Waals surface area contributed by atoms with Crippen LogP contribution < -0.4 is 5.32 Å². The number of hydrogen-bond donors (Lipinski definition) is 1. The van der Waals surface area contributed by atoms with Crippen LogP contribution in [-0.4, -0.2) is 24.2 Å². The van der Waals surface area contributed by atoms with Gasteiger partial charge in [0.25, 0.3) is 0 Å². The van der Waals surface area contributed by atoms with Gasteiger partial charge in [0, 0.05) is 12.0 Å². The summed E-state index contributed by atoms with van der Waals surface area (Å²) in [5.41, 5.74) is 1.45. The molecule has 2 atom stereocenters. The van der Waals surface area contributed by atoms with E-state index in [-0.39, 0.29) is 5.60 Å². The summed E-state index contributed by atoms with van der Waals surface area (Å²) in [5.74, 6) is 0.672. The minimum Gasteiger partial charge on any atom is -0.375 e. The standard InChI is InChI=1S/C14H22N2OS/c1-10-16-12(9-18-10)13(15-2)11-4-7-17-14(8-11)5-3-6-14/h9,11,13,15H,3-8H2,1-2H3. The fourth-order valence-electron chi connectivity index (χ4n) is 3.42. The second-order valence-corrected chi connectivity index (χ2v) is 6.76. The van der Waals surface area contributed by atoms with E-state index in [9.17, 15) is 0 Å². The van der Waals surface area contributed by atoms with E-state index in [1.54, 1.807) is 11.3 Å². The second-order valence-electron chi connectivity index (χ2n) is 5.70. The van der Waals surface area contributed by atoms with Crippen LogP contribution in [0, 0.1) is 12.8 Å². The van der Waals surface area contributed by atoms with Crippen molar-refractivity contribution in [1.29, 1.82) is 0 Å². The molecule has 4 heteroatoms. The number of rotatable bonds is 3. The SMILES string of the molecule is CNC(c1csc(C)n1)C1CCOC2(CCC2)C1. The third-order valence-corrected chi connectivity index (χ3v) is 5.33. The zero-order valence-electron chi connectivity index (χ0n) is 11.2. The van der Waals surface area contributed by atoms with Crippen LogP contribution in [0.1, 0.15) is 48.8 Å². The highest BCUT2D eigenvalue weighted by Crippen LogP contribution is 2.47. The summed E-state index contributed by atoms with van der Waals surface area (Å²) in [5, 5.41) is 6.85. The second kappa shape index (κ2) is 4.91. The summed E-state index contributed by atoms with van der Waals surface area (Å²) >= 11 is 1.75. The van der Waals surface area contributed by atoms with Crippen LogP contribution in [0.15, 0.2) is 5.38 Å². The lowest BCUT2D eigenvalue weighted by atomic mass is 9.70.